The van der Waals surface area contributed by atoms with Crippen molar-refractivity contribution >= 4 is 11.3 Å². The van der Waals surface area contributed by atoms with Gasteiger partial charge >= 0.3 is 0 Å². The molecule has 130 valence electrons. The summed E-state index contributed by atoms with van der Waals surface area (Å²) in [5.74, 6) is 1.38. The van der Waals surface area contributed by atoms with Crippen molar-refractivity contribution in [2.24, 2.45) is 5.92 Å². The van der Waals surface area contributed by atoms with Crippen LogP contribution in [0.5, 0.6) is 5.75 Å². The molecule has 0 radical (unpaired) electrons. The van der Waals surface area contributed by atoms with Gasteiger partial charge in [0.2, 0.25) is 0 Å². The van der Waals surface area contributed by atoms with Crippen LogP contribution < -0.4 is 10.1 Å². The largest absolute Gasteiger partial charge is 0.497 e. The highest BCUT2D eigenvalue weighted by Gasteiger charge is 2.15. The first kappa shape index (κ1) is 17.6. The maximum absolute atomic E-state index is 5.21. The van der Waals surface area contributed by atoms with Gasteiger partial charge in [-0.25, -0.2) is 4.98 Å². The zero-order valence-electron chi connectivity index (χ0n) is 14.9. The minimum Gasteiger partial charge on any atom is -0.497 e. The lowest BCUT2D eigenvalue weighted by molar-refractivity contribution is 0.409. The Kier molecular flexibility index (Phi) is 5.84. The van der Waals surface area contributed by atoms with Crippen LogP contribution in [0.3, 0.4) is 0 Å². The number of aromatic nitrogens is 1. The van der Waals surface area contributed by atoms with Crippen molar-refractivity contribution in [3.63, 3.8) is 0 Å². The molecule has 25 heavy (non-hydrogen) atoms. The molecule has 0 saturated carbocycles. The molecule has 1 unspecified atom stereocenters. The van der Waals surface area contributed by atoms with E-state index in [1.165, 1.54) is 5.56 Å². The molecule has 0 aliphatic rings. The van der Waals surface area contributed by atoms with E-state index < -0.39 is 0 Å². The average molecular weight is 353 g/mol. The third kappa shape index (κ3) is 4.47. The molecule has 0 amide bonds. The standard InChI is InChI=1S/C21H24N2OS/c1-15(2)20(16-7-5-4-6-8-16)22-13-18-14-25-21(23-18)17-9-11-19(24-3)12-10-17/h4-12,14-15,20,22H,13H2,1-3H3. The highest BCUT2D eigenvalue weighted by atomic mass is 32.1. The van der Waals surface area contributed by atoms with Crippen molar-refractivity contribution in [1.82, 2.24) is 10.3 Å². The molecule has 1 atom stereocenters. The number of hydrogen-bond donors (Lipinski definition) is 1. The number of hydrogen-bond acceptors (Lipinski definition) is 4. The molecule has 2 aromatic carbocycles. The molecule has 3 nitrogen and oxygen atoms in total. The smallest absolute Gasteiger partial charge is 0.123 e. The molecule has 0 saturated heterocycles. The van der Waals surface area contributed by atoms with Gasteiger partial charge in [0.25, 0.3) is 0 Å². The number of ether oxygens (including phenoxy) is 1. The number of nitrogens with zero attached hydrogens (tertiary/aromatic N) is 1. The summed E-state index contributed by atoms with van der Waals surface area (Å²) in [5, 5.41) is 6.83. The van der Waals surface area contributed by atoms with Gasteiger partial charge in [-0.2, -0.15) is 0 Å². The molecule has 1 N–H and O–H groups in total. The van der Waals surface area contributed by atoms with Crippen molar-refractivity contribution in [3.8, 4) is 16.3 Å². The van der Waals surface area contributed by atoms with Crippen LogP contribution in [0.4, 0.5) is 0 Å². The number of benzene rings is 2. The lowest BCUT2D eigenvalue weighted by Crippen LogP contribution is -2.25. The molecule has 0 aliphatic carbocycles. The highest BCUT2D eigenvalue weighted by Crippen LogP contribution is 2.27. The fourth-order valence-corrected chi connectivity index (χ4v) is 3.69. The van der Waals surface area contributed by atoms with E-state index in [9.17, 15) is 0 Å². The van der Waals surface area contributed by atoms with Gasteiger partial charge in [0, 0.05) is 23.5 Å². The van der Waals surface area contributed by atoms with Gasteiger partial charge in [0.05, 0.1) is 12.8 Å². The van der Waals surface area contributed by atoms with E-state index in [1.807, 2.05) is 12.1 Å². The molecule has 0 aliphatic heterocycles. The molecular weight excluding hydrogens is 328 g/mol. The summed E-state index contributed by atoms with van der Waals surface area (Å²) in [5.41, 5.74) is 3.53. The summed E-state index contributed by atoms with van der Waals surface area (Å²) in [6.07, 6.45) is 0. The summed E-state index contributed by atoms with van der Waals surface area (Å²) in [6, 6.07) is 19.0. The maximum Gasteiger partial charge on any atom is 0.123 e. The van der Waals surface area contributed by atoms with Gasteiger partial charge in [0.1, 0.15) is 10.8 Å². The predicted molar refractivity (Wildman–Crippen MR) is 105 cm³/mol. The van der Waals surface area contributed by atoms with E-state index in [0.717, 1.165) is 28.6 Å². The summed E-state index contributed by atoms with van der Waals surface area (Å²) in [6.45, 7) is 5.26. The average Bonchev–Trinajstić information content (AvgIpc) is 3.11. The Morgan fingerprint density at radius 2 is 1.76 bits per heavy atom. The predicted octanol–water partition coefficient (Wildman–Crippen LogP) is 5.31. The zero-order valence-corrected chi connectivity index (χ0v) is 15.7. The molecule has 1 heterocycles. The SMILES string of the molecule is COc1ccc(-c2nc(CNC(c3ccccc3)C(C)C)cs2)cc1. The van der Waals surface area contributed by atoms with Crippen LogP contribution in [-0.2, 0) is 6.54 Å². The van der Waals surface area contributed by atoms with E-state index in [0.29, 0.717) is 12.0 Å². The first-order valence-electron chi connectivity index (χ1n) is 8.54. The van der Waals surface area contributed by atoms with Crippen molar-refractivity contribution in [3.05, 3.63) is 71.2 Å². The van der Waals surface area contributed by atoms with Crippen LogP contribution in [0, 0.1) is 5.92 Å². The molecule has 0 spiro atoms. The van der Waals surface area contributed by atoms with Gasteiger partial charge in [-0.1, -0.05) is 44.2 Å². The zero-order chi connectivity index (χ0) is 17.6. The minimum atomic E-state index is 0.326. The molecule has 0 bridgehead atoms. The van der Waals surface area contributed by atoms with Crippen LogP contribution in [0.2, 0.25) is 0 Å². The summed E-state index contributed by atoms with van der Waals surface area (Å²) in [4.78, 5) is 4.78. The van der Waals surface area contributed by atoms with Crippen LogP contribution in [0.25, 0.3) is 10.6 Å². The minimum absolute atomic E-state index is 0.326. The Balaban J connectivity index is 1.68. The Labute approximate surface area is 153 Å². The number of rotatable bonds is 7. The summed E-state index contributed by atoms with van der Waals surface area (Å²) >= 11 is 1.68. The molecule has 3 aromatic rings. The van der Waals surface area contributed by atoms with Crippen LogP contribution >= 0.6 is 11.3 Å². The second-order valence-electron chi connectivity index (χ2n) is 6.39. The van der Waals surface area contributed by atoms with Crippen molar-refractivity contribution in [2.75, 3.05) is 7.11 Å². The lowest BCUT2D eigenvalue weighted by Gasteiger charge is -2.22. The van der Waals surface area contributed by atoms with E-state index in [4.69, 9.17) is 9.72 Å². The van der Waals surface area contributed by atoms with Gasteiger partial charge in [-0.3, -0.25) is 0 Å². The molecule has 4 heteroatoms. The van der Waals surface area contributed by atoms with Crippen LogP contribution in [-0.4, -0.2) is 12.1 Å². The first-order chi connectivity index (χ1) is 12.2. The molecule has 0 fully saturated rings. The lowest BCUT2D eigenvalue weighted by atomic mass is 9.96. The Bertz CT molecular complexity index is 781. The Hall–Kier alpha value is -2.17. The highest BCUT2D eigenvalue weighted by molar-refractivity contribution is 7.13. The van der Waals surface area contributed by atoms with Crippen molar-refractivity contribution in [1.29, 1.82) is 0 Å². The Morgan fingerprint density at radius 1 is 1.04 bits per heavy atom. The van der Waals surface area contributed by atoms with Gasteiger partial charge in [-0.05, 0) is 35.7 Å². The number of methoxy groups -OCH3 is 1. The molecular formula is C21H24N2OS. The van der Waals surface area contributed by atoms with Crippen molar-refractivity contribution < 1.29 is 4.74 Å². The van der Waals surface area contributed by atoms with Crippen LogP contribution in [0.1, 0.15) is 31.1 Å². The second kappa shape index (κ2) is 8.28. The van der Waals surface area contributed by atoms with Crippen LogP contribution in [0.15, 0.2) is 60.0 Å². The quantitative estimate of drug-likeness (QED) is 0.626. The number of nitrogens with one attached hydrogen (secondary N) is 1. The monoisotopic (exact) mass is 352 g/mol. The fourth-order valence-electron chi connectivity index (χ4n) is 2.87. The maximum atomic E-state index is 5.21. The third-order valence-electron chi connectivity index (χ3n) is 4.22. The van der Waals surface area contributed by atoms with E-state index in [-0.39, 0.29) is 0 Å². The summed E-state index contributed by atoms with van der Waals surface area (Å²) in [7, 11) is 1.68. The topological polar surface area (TPSA) is 34.1 Å². The van der Waals surface area contributed by atoms with E-state index in [1.54, 1.807) is 18.4 Å². The summed E-state index contributed by atoms with van der Waals surface area (Å²) < 4.78 is 5.21. The molecule has 1 aromatic heterocycles. The van der Waals surface area contributed by atoms with Gasteiger partial charge in [-0.15, -0.1) is 11.3 Å². The second-order valence-corrected chi connectivity index (χ2v) is 7.24. The molecule has 3 rings (SSSR count). The number of thiazole rings is 1. The first-order valence-corrected chi connectivity index (χ1v) is 9.42. The fraction of sp³-hybridized carbons (Fsp3) is 0.286. The van der Waals surface area contributed by atoms with Gasteiger partial charge in [0.15, 0.2) is 0 Å². The Morgan fingerprint density at radius 3 is 2.40 bits per heavy atom. The van der Waals surface area contributed by atoms with Gasteiger partial charge < -0.3 is 10.1 Å². The van der Waals surface area contributed by atoms with Crippen molar-refractivity contribution in [2.45, 2.75) is 26.4 Å². The van der Waals surface area contributed by atoms with E-state index >= 15 is 0 Å². The van der Waals surface area contributed by atoms with E-state index in [2.05, 4.69) is 67.0 Å². The third-order valence-corrected chi connectivity index (χ3v) is 5.16. The normalized spacial score (nSPS) is 12.3.